The minimum atomic E-state index is -3.56. The van der Waals surface area contributed by atoms with E-state index in [1.165, 1.54) is 10.4 Å². The van der Waals surface area contributed by atoms with Gasteiger partial charge in [0.15, 0.2) is 0 Å². The van der Waals surface area contributed by atoms with E-state index in [4.69, 9.17) is 5.73 Å². The summed E-state index contributed by atoms with van der Waals surface area (Å²) in [5.74, 6) is 0.754. The van der Waals surface area contributed by atoms with Crippen LogP contribution in [0.4, 0.5) is 5.69 Å². The van der Waals surface area contributed by atoms with Gasteiger partial charge in [0.2, 0.25) is 10.0 Å². The van der Waals surface area contributed by atoms with Crippen molar-refractivity contribution in [2.24, 2.45) is 0 Å². The van der Waals surface area contributed by atoms with Crippen LogP contribution < -0.4 is 5.73 Å². The number of nitrogens with two attached hydrogens (primary N) is 1. The van der Waals surface area contributed by atoms with Crippen molar-refractivity contribution in [3.63, 3.8) is 0 Å². The molecule has 0 radical (unpaired) electrons. The van der Waals surface area contributed by atoms with Crippen LogP contribution in [-0.4, -0.2) is 28.8 Å². The molecule has 100 valence electrons. The van der Waals surface area contributed by atoms with E-state index in [9.17, 15) is 8.42 Å². The number of nitrogens with zero attached hydrogens (tertiary/aromatic N) is 3. The molecule has 0 fully saturated rings. The van der Waals surface area contributed by atoms with Crippen molar-refractivity contribution in [2.45, 2.75) is 18.0 Å². The van der Waals surface area contributed by atoms with Gasteiger partial charge in [-0.25, -0.2) is 13.4 Å². The molecule has 2 heterocycles. The smallest absolute Gasteiger partial charge is 0.245 e. The molecule has 1 aliphatic rings. The van der Waals surface area contributed by atoms with E-state index in [1.54, 1.807) is 24.4 Å². The van der Waals surface area contributed by atoms with Crippen LogP contribution in [0, 0.1) is 0 Å². The lowest BCUT2D eigenvalue weighted by Gasteiger charge is -2.27. The maximum Gasteiger partial charge on any atom is 0.245 e. The summed E-state index contributed by atoms with van der Waals surface area (Å²) in [7, 11) is -3.56. The molecule has 0 unspecified atom stereocenters. The number of aromatic nitrogens is 2. The first-order valence-electron chi connectivity index (χ1n) is 5.94. The second-order valence-electron chi connectivity index (χ2n) is 4.41. The summed E-state index contributed by atoms with van der Waals surface area (Å²) in [6.45, 7) is 1.32. The van der Waals surface area contributed by atoms with Crippen LogP contribution in [0.15, 0.2) is 41.6 Å². The SMILES string of the molecule is Nc1ccccc1S(=O)(=O)N1CCn2ccnc2C1. The van der Waals surface area contributed by atoms with Gasteiger partial charge in [0, 0.05) is 25.5 Å². The number of benzene rings is 1. The van der Waals surface area contributed by atoms with Crippen molar-refractivity contribution in [3.8, 4) is 0 Å². The van der Waals surface area contributed by atoms with Gasteiger partial charge in [-0.2, -0.15) is 4.31 Å². The third-order valence-electron chi connectivity index (χ3n) is 3.25. The molecule has 0 saturated heterocycles. The standard InChI is InChI=1S/C12H14N4O2S/c13-10-3-1-2-4-11(10)19(17,18)16-8-7-15-6-5-14-12(15)9-16/h1-6H,7-9,13H2. The predicted octanol–water partition coefficient (Wildman–Crippen LogP) is 0.670. The number of rotatable bonds is 2. The van der Waals surface area contributed by atoms with E-state index in [1.807, 2.05) is 10.8 Å². The Morgan fingerprint density at radius 2 is 2.00 bits per heavy atom. The van der Waals surface area contributed by atoms with E-state index < -0.39 is 10.0 Å². The van der Waals surface area contributed by atoms with Gasteiger partial charge in [-0.15, -0.1) is 0 Å². The molecule has 0 aliphatic carbocycles. The minimum absolute atomic E-state index is 0.162. The number of imidazole rings is 1. The van der Waals surface area contributed by atoms with Crippen LogP contribution in [0.3, 0.4) is 0 Å². The van der Waals surface area contributed by atoms with Crippen LogP contribution in [0.2, 0.25) is 0 Å². The summed E-state index contributed by atoms with van der Waals surface area (Å²) < 4.78 is 28.5. The summed E-state index contributed by atoms with van der Waals surface area (Å²) in [4.78, 5) is 4.32. The first kappa shape index (κ1) is 12.2. The van der Waals surface area contributed by atoms with Crippen LogP contribution in [-0.2, 0) is 23.1 Å². The van der Waals surface area contributed by atoms with Gasteiger partial charge >= 0.3 is 0 Å². The van der Waals surface area contributed by atoms with E-state index >= 15 is 0 Å². The molecule has 2 aromatic rings. The quantitative estimate of drug-likeness (QED) is 0.819. The third-order valence-corrected chi connectivity index (χ3v) is 5.17. The predicted molar refractivity (Wildman–Crippen MR) is 70.7 cm³/mol. The van der Waals surface area contributed by atoms with E-state index in [2.05, 4.69) is 4.98 Å². The van der Waals surface area contributed by atoms with Crippen molar-refractivity contribution in [1.29, 1.82) is 0 Å². The van der Waals surface area contributed by atoms with Gasteiger partial charge in [-0.1, -0.05) is 12.1 Å². The van der Waals surface area contributed by atoms with Crippen LogP contribution >= 0.6 is 0 Å². The van der Waals surface area contributed by atoms with E-state index in [0.29, 0.717) is 13.1 Å². The molecule has 0 amide bonds. The Labute approximate surface area is 111 Å². The fourth-order valence-electron chi connectivity index (χ4n) is 2.21. The normalized spacial score (nSPS) is 16.2. The third kappa shape index (κ3) is 2.00. The first-order valence-corrected chi connectivity index (χ1v) is 7.38. The summed E-state index contributed by atoms with van der Waals surface area (Å²) in [5, 5.41) is 0. The number of nitrogen functional groups attached to an aromatic ring is 1. The molecule has 7 heteroatoms. The fraction of sp³-hybridized carbons (Fsp3) is 0.250. The largest absolute Gasteiger partial charge is 0.398 e. The van der Waals surface area contributed by atoms with E-state index in [0.717, 1.165) is 5.82 Å². The fourth-order valence-corrected chi connectivity index (χ4v) is 3.71. The molecule has 19 heavy (non-hydrogen) atoms. The Bertz CT molecular complexity index is 708. The highest BCUT2D eigenvalue weighted by molar-refractivity contribution is 7.89. The molecular formula is C12H14N4O2S. The van der Waals surface area contributed by atoms with Crippen molar-refractivity contribution in [1.82, 2.24) is 13.9 Å². The number of sulfonamides is 1. The molecule has 6 nitrogen and oxygen atoms in total. The summed E-state index contributed by atoms with van der Waals surface area (Å²) >= 11 is 0. The maximum atomic E-state index is 12.5. The summed E-state index contributed by atoms with van der Waals surface area (Å²) in [6, 6.07) is 6.52. The molecular weight excluding hydrogens is 264 g/mol. The average molecular weight is 278 g/mol. The van der Waals surface area contributed by atoms with Crippen molar-refractivity contribution in [2.75, 3.05) is 12.3 Å². The van der Waals surface area contributed by atoms with Crippen molar-refractivity contribution >= 4 is 15.7 Å². The molecule has 3 rings (SSSR count). The van der Waals surface area contributed by atoms with Gasteiger partial charge in [-0.3, -0.25) is 0 Å². The molecule has 0 atom stereocenters. The number of hydrogen-bond acceptors (Lipinski definition) is 4. The molecule has 1 aliphatic heterocycles. The topological polar surface area (TPSA) is 81.2 Å². The zero-order valence-corrected chi connectivity index (χ0v) is 11.0. The highest BCUT2D eigenvalue weighted by Crippen LogP contribution is 2.24. The van der Waals surface area contributed by atoms with Crippen molar-refractivity contribution < 1.29 is 8.42 Å². The van der Waals surface area contributed by atoms with Gasteiger partial charge in [0.1, 0.15) is 10.7 Å². The Balaban J connectivity index is 1.97. The molecule has 2 N–H and O–H groups in total. The number of para-hydroxylation sites is 1. The number of hydrogen-bond donors (Lipinski definition) is 1. The Morgan fingerprint density at radius 1 is 1.21 bits per heavy atom. The van der Waals surface area contributed by atoms with E-state index in [-0.39, 0.29) is 17.1 Å². The highest BCUT2D eigenvalue weighted by Gasteiger charge is 2.29. The van der Waals surface area contributed by atoms with Gasteiger partial charge in [0.05, 0.1) is 12.2 Å². The first-order chi connectivity index (χ1) is 9.09. The molecule has 0 bridgehead atoms. The number of fused-ring (bicyclic) bond motifs is 1. The molecule has 1 aromatic carbocycles. The molecule has 0 spiro atoms. The lowest BCUT2D eigenvalue weighted by atomic mass is 10.3. The Hall–Kier alpha value is -1.86. The monoisotopic (exact) mass is 278 g/mol. The van der Waals surface area contributed by atoms with Crippen LogP contribution in [0.5, 0.6) is 0 Å². The van der Waals surface area contributed by atoms with Crippen LogP contribution in [0.25, 0.3) is 0 Å². The van der Waals surface area contributed by atoms with Gasteiger partial charge < -0.3 is 10.3 Å². The highest BCUT2D eigenvalue weighted by atomic mass is 32.2. The van der Waals surface area contributed by atoms with Gasteiger partial charge in [-0.05, 0) is 12.1 Å². The Kier molecular flexibility index (Phi) is 2.79. The molecule has 1 aromatic heterocycles. The summed E-state index contributed by atoms with van der Waals surface area (Å²) in [5.41, 5.74) is 6.04. The lowest BCUT2D eigenvalue weighted by molar-refractivity contribution is 0.335. The Morgan fingerprint density at radius 3 is 2.79 bits per heavy atom. The lowest BCUT2D eigenvalue weighted by Crippen LogP contribution is -2.38. The minimum Gasteiger partial charge on any atom is -0.398 e. The number of anilines is 1. The average Bonchev–Trinajstić information content (AvgIpc) is 2.86. The zero-order valence-electron chi connectivity index (χ0n) is 10.2. The van der Waals surface area contributed by atoms with Crippen LogP contribution in [0.1, 0.15) is 5.82 Å². The maximum absolute atomic E-state index is 12.5. The van der Waals surface area contributed by atoms with Gasteiger partial charge in [0.25, 0.3) is 0 Å². The second kappa shape index (κ2) is 4.36. The zero-order chi connectivity index (χ0) is 13.5. The summed E-state index contributed by atoms with van der Waals surface area (Å²) in [6.07, 6.45) is 3.54. The second-order valence-corrected chi connectivity index (χ2v) is 6.32. The molecule has 0 saturated carbocycles. The van der Waals surface area contributed by atoms with Crippen molar-refractivity contribution in [3.05, 3.63) is 42.5 Å².